The number of urea groups is 1. The molecule has 0 unspecified atom stereocenters. The molecule has 0 radical (unpaired) electrons. The predicted molar refractivity (Wildman–Crippen MR) is 115 cm³/mol. The average molecular weight is 426 g/mol. The van der Waals surface area contributed by atoms with Crippen LogP contribution in [-0.2, 0) is 6.54 Å². The number of nitrogens with zero attached hydrogens (tertiary/aromatic N) is 2. The summed E-state index contributed by atoms with van der Waals surface area (Å²) in [5, 5.41) is 18.2. The van der Waals surface area contributed by atoms with Gasteiger partial charge in [0.25, 0.3) is 5.91 Å². The van der Waals surface area contributed by atoms with Crippen molar-refractivity contribution < 1.29 is 14.0 Å². The third kappa shape index (κ3) is 5.24. The van der Waals surface area contributed by atoms with Crippen LogP contribution in [0.15, 0.2) is 47.1 Å². The first-order valence-corrected chi connectivity index (χ1v) is 10.8. The lowest BCUT2D eigenvalue weighted by Gasteiger charge is -2.18. The van der Waals surface area contributed by atoms with E-state index in [-0.39, 0.29) is 17.7 Å². The van der Waals surface area contributed by atoms with Crippen molar-refractivity contribution in [1.82, 2.24) is 15.5 Å². The van der Waals surface area contributed by atoms with Gasteiger partial charge in [0.1, 0.15) is 5.01 Å². The third-order valence-electron chi connectivity index (χ3n) is 5.03. The minimum atomic E-state index is -0.323. The maximum atomic E-state index is 12.2. The summed E-state index contributed by atoms with van der Waals surface area (Å²) in [6.45, 7) is 0.354. The molecule has 156 valence electrons. The number of carbonyl (C=O) groups excluding carboxylic acids is 2. The highest BCUT2D eigenvalue weighted by Gasteiger charge is 2.20. The normalized spacial score (nSPS) is 14.3. The Balaban J connectivity index is 1.24. The van der Waals surface area contributed by atoms with Crippen molar-refractivity contribution >= 4 is 34.1 Å². The smallest absolute Gasteiger partial charge is 0.321 e. The molecule has 1 saturated carbocycles. The van der Waals surface area contributed by atoms with Gasteiger partial charge in [-0.15, -0.1) is 10.2 Å². The molecular weight excluding hydrogens is 402 g/mol. The summed E-state index contributed by atoms with van der Waals surface area (Å²) in [5.74, 6) is 0.414. The van der Waals surface area contributed by atoms with Gasteiger partial charge in [-0.1, -0.05) is 42.7 Å². The van der Waals surface area contributed by atoms with Crippen molar-refractivity contribution in [2.45, 2.75) is 44.6 Å². The van der Waals surface area contributed by atoms with Gasteiger partial charge in [0, 0.05) is 18.2 Å². The lowest BCUT2D eigenvalue weighted by Crippen LogP contribution is -2.28. The van der Waals surface area contributed by atoms with E-state index < -0.39 is 0 Å². The third-order valence-corrected chi connectivity index (χ3v) is 6.03. The monoisotopic (exact) mass is 425 g/mol. The molecule has 2 heterocycles. The van der Waals surface area contributed by atoms with Crippen molar-refractivity contribution in [3.8, 4) is 0 Å². The highest BCUT2D eigenvalue weighted by molar-refractivity contribution is 7.15. The van der Waals surface area contributed by atoms with E-state index in [2.05, 4.69) is 26.1 Å². The Bertz CT molecular complexity index is 979. The number of hydrogen-bond donors (Lipinski definition) is 3. The Morgan fingerprint density at radius 1 is 1.03 bits per heavy atom. The van der Waals surface area contributed by atoms with Crippen LogP contribution in [0.25, 0.3) is 0 Å². The van der Waals surface area contributed by atoms with E-state index in [1.807, 2.05) is 12.1 Å². The Morgan fingerprint density at radius 3 is 2.57 bits per heavy atom. The summed E-state index contributed by atoms with van der Waals surface area (Å²) in [6.07, 6.45) is 7.52. The van der Waals surface area contributed by atoms with Crippen LogP contribution in [0.5, 0.6) is 0 Å². The van der Waals surface area contributed by atoms with Gasteiger partial charge in [-0.2, -0.15) is 0 Å². The molecule has 0 spiro atoms. The summed E-state index contributed by atoms with van der Waals surface area (Å²) < 4.78 is 5.07. The Kier molecular flexibility index (Phi) is 6.38. The van der Waals surface area contributed by atoms with E-state index >= 15 is 0 Å². The molecule has 1 aliphatic rings. The number of nitrogens with one attached hydrogen (secondary N) is 3. The van der Waals surface area contributed by atoms with E-state index in [0.29, 0.717) is 23.3 Å². The zero-order valence-electron chi connectivity index (χ0n) is 16.4. The van der Waals surface area contributed by atoms with E-state index in [1.165, 1.54) is 36.9 Å². The van der Waals surface area contributed by atoms with Crippen LogP contribution in [-0.4, -0.2) is 22.1 Å². The summed E-state index contributed by atoms with van der Waals surface area (Å²) in [7, 11) is 0. The van der Waals surface area contributed by atoms with Gasteiger partial charge < -0.3 is 15.1 Å². The molecule has 0 aliphatic heterocycles. The molecule has 3 aromatic rings. The number of benzene rings is 1. The minimum Gasteiger partial charge on any atom is -0.459 e. The number of furan rings is 1. The fourth-order valence-corrected chi connectivity index (χ4v) is 4.34. The maximum Gasteiger partial charge on any atom is 0.321 e. The van der Waals surface area contributed by atoms with Gasteiger partial charge in [0.15, 0.2) is 5.76 Å². The molecule has 0 saturated heterocycles. The second-order valence-electron chi connectivity index (χ2n) is 7.22. The summed E-state index contributed by atoms with van der Waals surface area (Å²) >= 11 is 1.45. The second kappa shape index (κ2) is 9.53. The molecule has 2 aromatic heterocycles. The standard InChI is InChI=1S/C21H23N5O3S/c27-18(17-7-4-12-29-17)23-16-10-8-14(9-11-16)13-22-20(28)24-21-26-25-19(30-21)15-5-2-1-3-6-15/h4,7-12,15H,1-3,5-6,13H2,(H,23,27)(H2,22,24,26,28). The largest absolute Gasteiger partial charge is 0.459 e. The summed E-state index contributed by atoms with van der Waals surface area (Å²) in [5.41, 5.74) is 1.55. The molecule has 1 aliphatic carbocycles. The van der Waals surface area contributed by atoms with Crippen LogP contribution >= 0.6 is 11.3 Å². The fourth-order valence-electron chi connectivity index (χ4n) is 3.43. The first kappa shape index (κ1) is 20.1. The molecule has 3 amide bonds. The molecule has 4 rings (SSSR count). The number of anilines is 2. The first-order chi connectivity index (χ1) is 14.7. The molecular formula is C21H23N5O3S. The fraction of sp³-hybridized carbons (Fsp3) is 0.333. The number of hydrogen-bond acceptors (Lipinski definition) is 6. The quantitative estimate of drug-likeness (QED) is 0.528. The van der Waals surface area contributed by atoms with Gasteiger partial charge in [-0.3, -0.25) is 10.1 Å². The highest BCUT2D eigenvalue weighted by atomic mass is 32.1. The zero-order valence-corrected chi connectivity index (χ0v) is 17.2. The molecule has 1 fully saturated rings. The van der Waals surface area contributed by atoms with Crippen LogP contribution in [0.4, 0.5) is 15.6 Å². The van der Waals surface area contributed by atoms with Gasteiger partial charge in [-0.05, 0) is 42.7 Å². The molecule has 8 nitrogen and oxygen atoms in total. The summed E-state index contributed by atoms with van der Waals surface area (Å²) in [4.78, 5) is 24.1. The van der Waals surface area contributed by atoms with Crippen LogP contribution in [0.3, 0.4) is 0 Å². The molecule has 3 N–H and O–H groups in total. The van der Waals surface area contributed by atoms with Crippen LogP contribution < -0.4 is 16.0 Å². The molecule has 30 heavy (non-hydrogen) atoms. The SMILES string of the molecule is O=C(NCc1ccc(NC(=O)c2ccco2)cc1)Nc1nnc(C2CCCCC2)s1. The van der Waals surface area contributed by atoms with Crippen molar-refractivity contribution in [2.24, 2.45) is 0 Å². The van der Waals surface area contributed by atoms with E-state index in [1.54, 1.807) is 24.3 Å². The summed E-state index contributed by atoms with van der Waals surface area (Å²) in [6, 6.07) is 10.2. The van der Waals surface area contributed by atoms with Gasteiger partial charge in [0.05, 0.1) is 6.26 Å². The van der Waals surface area contributed by atoms with Gasteiger partial charge in [0.2, 0.25) is 5.13 Å². The second-order valence-corrected chi connectivity index (χ2v) is 8.23. The van der Waals surface area contributed by atoms with E-state index in [4.69, 9.17) is 4.42 Å². The highest BCUT2D eigenvalue weighted by Crippen LogP contribution is 2.35. The van der Waals surface area contributed by atoms with Crippen LogP contribution in [0, 0.1) is 0 Å². The number of amides is 3. The average Bonchev–Trinajstić information content (AvgIpc) is 3.46. The lowest BCUT2D eigenvalue weighted by molar-refractivity contribution is 0.0996. The first-order valence-electron chi connectivity index (χ1n) is 9.99. The Labute approximate surface area is 178 Å². The minimum absolute atomic E-state index is 0.251. The van der Waals surface area contributed by atoms with Gasteiger partial charge in [-0.25, -0.2) is 4.79 Å². The predicted octanol–water partition coefficient (Wildman–Crippen LogP) is 4.75. The molecule has 0 bridgehead atoms. The Morgan fingerprint density at radius 2 is 1.83 bits per heavy atom. The van der Waals surface area contributed by atoms with E-state index in [0.717, 1.165) is 23.4 Å². The number of rotatable bonds is 6. The van der Waals surface area contributed by atoms with Gasteiger partial charge >= 0.3 is 6.03 Å². The molecule has 0 atom stereocenters. The number of carbonyl (C=O) groups is 2. The number of aromatic nitrogens is 2. The lowest BCUT2D eigenvalue weighted by atomic mass is 9.90. The molecule has 9 heteroatoms. The van der Waals surface area contributed by atoms with Crippen LogP contribution in [0.2, 0.25) is 0 Å². The topological polar surface area (TPSA) is 109 Å². The Hall–Kier alpha value is -3.20. The van der Waals surface area contributed by atoms with Crippen LogP contribution in [0.1, 0.15) is 59.1 Å². The molecule has 1 aromatic carbocycles. The maximum absolute atomic E-state index is 12.2. The van der Waals surface area contributed by atoms with Crippen molar-refractivity contribution in [2.75, 3.05) is 10.6 Å². The van der Waals surface area contributed by atoms with Crippen molar-refractivity contribution in [3.05, 3.63) is 59.0 Å². The van der Waals surface area contributed by atoms with Crippen molar-refractivity contribution in [3.63, 3.8) is 0 Å². The van der Waals surface area contributed by atoms with Crippen molar-refractivity contribution in [1.29, 1.82) is 0 Å². The zero-order chi connectivity index (χ0) is 20.8. The van der Waals surface area contributed by atoms with E-state index in [9.17, 15) is 9.59 Å².